The molecule has 2 saturated heterocycles. The van der Waals surface area contributed by atoms with Gasteiger partial charge in [-0.05, 0) is 68.2 Å². The molecule has 6 nitrogen and oxygen atoms in total. The van der Waals surface area contributed by atoms with Gasteiger partial charge in [0.05, 0.1) is 5.41 Å². The molecule has 0 spiro atoms. The summed E-state index contributed by atoms with van der Waals surface area (Å²) in [6.07, 6.45) is 5.61. The lowest BCUT2D eigenvalue weighted by Gasteiger charge is -2.56. The average molecular weight is 465 g/mol. The van der Waals surface area contributed by atoms with E-state index in [1.54, 1.807) is 26.0 Å². The number of carbonyl (C=O) groups excluding carboxylic acids is 3. The number of aryl methyl sites for hydroxylation is 1. The van der Waals surface area contributed by atoms with Crippen LogP contribution in [-0.2, 0) is 30.3 Å². The van der Waals surface area contributed by atoms with E-state index < -0.39 is 22.2 Å². The summed E-state index contributed by atoms with van der Waals surface area (Å²) in [4.78, 5) is 38.7. The summed E-state index contributed by atoms with van der Waals surface area (Å²) >= 11 is 0. The van der Waals surface area contributed by atoms with Gasteiger partial charge in [0.25, 0.3) is 0 Å². The number of carbonyl (C=O) groups is 3. The van der Waals surface area contributed by atoms with Crippen molar-refractivity contribution in [3.05, 3.63) is 47.0 Å². The maximum atomic E-state index is 13.2. The number of epoxide rings is 1. The topological polar surface area (TPSA) is 93.2 Å². The Kier molecular flexibility index (Phi) is 4.35. The second-order valence-corrected chi connectivity index (χ2v) is 11.7. The van der Waals surface area contributed by atoms with Gasteiger partial charge in [0.15, 0.2) is 17.2 Å². The zero-order valence-corrected chi connectivity index (χ0v) is 20.2. The van der Waals surface area contributed by atoms with E-state index in [2.05, 4.69) is 25.1 Å². The van der Waals surface area contributed by atoms with E-state index in [4.69, 9.17) is 9.47 Å². The van der Waals surface area contributed by atoms with Gasteiger partial charge in [0.1, 0.15) is 17.3 Å². The number of ether oxygens (including phenoxy) is 2. The van der Waals surface area contributed by atoms with Crippen molar-refractivity contribution in [3.8, 4) is 0 Å². The lowest BCUT2D eigenvalue weighted by molar-refractivity contribution is -0.179. The number of fused-ring (bicyclic) bond motifs is 6. The molecule has 180 valence electrons. The fraction of sp³-hybridized carbons (Fsp3) is 0.607. The standard InChI is InChI=1S/C28H32O6/c1-15(21-14-25(2)27(4,34-25)24(31)33-21)16-7-9-18-17(12-16)8-10-20-19(18)13-23(30)28(32)11-5-6-22(29)26(20,28)3/h5-7,9,12,15,19-21,32H,8,10-11,13-14H2,1-4H3/t15-,19-,20-,21?,25-,26-,27+,28-/m0/s1. The van der Waals surface area contributed by atoms with Crippen LogP contribution in [0.15, 0.2) is 30.4 Å². The van der Waals surface area contributed by atoms with Crippen LogP contribution >= 0.6 is 0 Å². The summed E-state index contributed by atoms with van der Waals surface area (Å²) in [5.41, 5.74) is -0.572. The summed E-state index contributed by atoms with van der Waals surface area (Å²) < 4.78 is 11.5. The Balaban J connectivity index is 1.30. The van der Waals surface area contributed by atoms with E-state index in [1.807, 2.05) is 6.92 Å². The number of esters is 1. The first-order valence-corrected chi connectivity index (χ1v) is 12.5. The largest absolute Gasteiger partial charge is 0.459 e. The number of ketones is 2. The monoisotopic (exact) mass is 464 g/mol. The Morgan fingerprint density at radius 1 is 1.15 bits per heavy atom. The van der Waals surface area contributed by atoms with E-state index in [9.17, 15) is 19.5 Å². The molecule has 1 aromatic carbocycles. The Morgan fingerprint density at radius 2 is 1.91 bits per heavy atom. The molecule has 1 aromatic rings. The molecule has 1 N–H and O–H groups in total. The van der Waals surface area contributed by atoms with E-state index in [-0.39, 0.29) is 54.2 Å². The van der Waals surface area contributed by atoms with Gasteiger partial charge in [-0.3, -0.25) is 9.59 Å². The SMILES string of the molecule is C[C@@H](c1ccc2c(c1)CC[C@H]1[C@H]2CC(=O)[C@@]2(O)CC=CC(=O)[C@]12C)C1C[C@]2(C)O[C@]2(C)C(=O)O1. The van der Waals surface area contributed by atoms with Gasteiger partial charge < -0.3 is 14.6 Å². The van der Waals surface area contributed by atoms with Gasteiger partial charge in [-0.2, -0.15) is 0 Å². The zero-order chi connectivity index (χ0) is 24.3. The second-order valence-electron chi connectivity index (χ2n) is 11.7. The van der Waals surface area contributed by atoms with Crippen molar-refractivity contribution in [1.82, 2.24) is 0 Å². The molecule has 5 aliphatic rings. The van der Waals surface area contributed by atoms with Crippen molar-refractivity contribution in [3.63, 3.8) is 0 Å². The van der Waals surface area contributed by atoms with Crippen molar-refractivity contribution < 1.29 is 29.0 Å². The van der Waals surface area contributed by atoms with Crippen LogP contribution < -0.4 is 0 Å². The molecule has 0 bridgehead atoms. The first-order chi connectivity index (χ1) is 15.9. The molecule has 2 heterocycles. The number of aliphatic hydroxyl groups is 1. The number of rotatable bonds is 2. The van der Waals surface area contributed by atoms with E-state index >= 15 is 0 Å². The predicted octanol–water partition coefficient (Wildman–Crippen LogP) is 3.54. The molecule has 0 amide bonds. The first-order valence-electron chi connectivity index (χ1n) is 12.5. The quantitative estimate of drug-likeness (QED) is 0.532. The van der Waals surface area contributed by atoms with Gasteiger partial charge >= 0.3 is 5.97 Å². The Bertz CT molecular complexity index is 1170. The number of hydrogen-bond acceptors (Lipinski definition) is 6. The normalized spacial score (nSPS) is 45.4. The minimum atomic E-state index is -1.60. The molecule has 8 atom stereocenters. The van der Waals surface area contributed by atoms with E-state index in [1.165, 1.54) is 5.56 Å². The Labute approximate surface area is 199 Å². The molecule has 2 aliphatic heterocycles. The van der Waals surface area contributed by atoms with Crippen LogP contribution in [0.1, 0.15) is 81.9 Å². The highest BCUT2D eigenvalue weighted by atomic mass is 16.7. The lowest BCUT2D eigenvalue weighted by Crippen LogP contribution is -2.65. The molecular weight excluding hydrogens is 432 g/mol. The maximum Gasteiger partial charge on any atom is 0.341 e. The maximum absolute atomic E-state index is 13.2. The van der Waals surface area contributed by atoms with Crippen LogP contribution in [0.4, 0.5) is 0 Å². The Hall–Kier alpha value is -2.31. The van der Waals surface area contributed by atoms with Gasteiger partial charge in [-0.15, -0.1) is 0 Å². The number of cyclic esters (lactones) is 1. The number of benzene rings is 1. The summed E-state index contributed by atoms with van der Waals surface area (Å²) in [7, 11) is 0. The number of Topliss-reactive ketones (excluding diaryl/α,β-unsaturated/α-hetero) is 1. The summed E-state index contributed by atoms with van der Waals surface area (Å²) in [5.74, 6) is -0.792. The summed E-state index contributed by atoms with van der Waals surface area (Å²) in [6, 6.07) is 6.34. The molecule has 1 unspecified atom stereocenters. The van der Waals surface area contributed by atoms with Crippen molar-refractivity contribution in [1.29, 1.82) is 0 Å². The fourth-order valence-corrected chi connectivity index (χ4v) is 7.43. The van der Waals surface area contributed by atoms with Crippen molar-refractivity contribution in [2.45, 2.75) is 94.5 Å². The van der Waals surface area contributed by atoms with Crippen molar-refractivity contribution >= 4 is 17.5 Å². The lowest BCUT2D eigenvalue weighted by atomic mass is 9.47. The number of allylic oxidation sites excluding steroid dienone is 1. The average Bonchev–Trinajstić information content (AvgIpc) is 3.38. The van der Waals surface area contributed by atoms with Crippen LogP contribution in [0, 0.1) is 11.3 Å². The van der Waals surface area contributed by atoms with Crippen LogP contribution in [0.3, 0.4) is 0 Å². The second kappa shape index (κ2) is 6.67. The highest BCUT2D eigenvalue weighted by molar-refractivity contribution is 6.05. The molecule has 0 aromatic heterocycles. The van der Waals surface area contributed by atoms with E-state index in [0.29, 0.717) is 6.42 Å². The van der Waals surface area contributed by atoms with Gasteiger partial charge in [-0.1, -0.05) is 31.2 Å². The molecule has 3 fully saturated rings. The third-order valence-electron chi connectivity index (χ3n) is 10.2. The third-order valence-corrected chi connectivity index (χ3v) is 10.2. The molecular formula is C28H32O6. The first kappa shape index (κ1) is 22.2. The van der Waals surface area contributed by atoms with Crippen molar-refractivity contribution in [2.24, 2.45) is 11.3 Å². The molecule has 34 heavy (non-hydrogen) atoms. The zero-order valence-electron chi connectivity index (χ0n) is 20.2. The van der Waals surface area contributed by atoms with E-state index in [0.717, 1.165) is 24.0 Å². The third kappa shape index (κ3) is 2.56. The predicted molar refractivity (Wildman–Crippen MR) is 123 cm³/mol. The number of hydrogen-bond donors (Lipinski definition) is 1. The smallest absolute Gasteiger partial charge is 0.341 e. The highest BCUT2D eigenvalue weighted by Crippen LogP contribution is 2.60. The van der Waals surface area contributed by atoms with Crippen LogP contribution in [-0.4, -0.2) is 45.5 Å². The Morgan fingerprint density at radius 3 is 2.65 bits per heavy atom. The van der Waals surface area contributed by atoms with Crippen LogP contribution in [0.25, 0.3) is 0 Å². The molecule has 0 radical (unpaired) electrons. The summed E-state index contributed by atoms with van der Waals surface area (Å²) in [5, 5.41) is 11.3. The molecule has 6 heteroatoms. The van der Waals surface area contributed by atoms with Gasteiger partial charge in [0.2, 0.25) is 0 Å². The molecule has 6 rings (SSSR count). The van der Waals surface area contributed by atoms with Crippen LogP contribution in [0.5, 0.6) is 0 Å². The summed E-state index contributed by atoms with van der Waals surface area (Å²) in [6.45, 7) is 7.65. The molecule has 1 saturated carbocycles. The van der Waals surface area contributed by atoms with Gasteiger partial charge in [0, 0.05) is 25.2 Å². The minimum absolute atomic E-state index is 0.0122. The van der Waals surface area contributed by atoms with Crippen molar-refractivity contribution in [2.75, 3.05) is 0 Å². The fourth-order valence-electron chi connectivity index (χ4n) is 7.43. The molecule has 3 aliphatic carbocycles. The minimum Gasteiger partial charge on any atom is -0.459 e. The van der Waals surface area contributed by atoms with Gasteiger partial charge in [-0.25, -0.2) is 4.79 Å². The highest BCUT2D eigenvalue weighted by Gasteiger charge is 2.73. The van der Waals surface area contributed by atoms with Crippen LogP contribution in [0.2, 0.25) is 0 Å².